The minimum atomic E-state index is -0.0830. The Morgan fingerprint density at radius 2 is 1.91 bits per heavy atom. The van der Waals surface area contributed by atoms with Gasteiger partial charge in [-0.25, -0.2) is 4.98 Å². The number of nitrogens with zero attached hydrogens (tertiary/aromatic N) is 1. The Labute approximate surface area is 134 Å². The molecule has 22 heavy (non-hydrogen) atoms. The van der Waals surface area contributed by atoms with E-state index in [1.165, 1.54) is 11.3 Å². The smallest absolute Gasteiger partial charge is 0.280 e. The molecule has 1 aromatic heterocycles. The van der Waals surface area contributed by atoms with Gasteiger partial charge in [-0.05, 0) is 32.1 Å². The molecule has 0 saturated heterocycles. The van der Waals surface area contributed by atoms with Crippen molar-refractivity contribution < 1.29 is 9.59 Å². The van der Waals surface area contributed by atoms with E-state index in [2.05, 4.69) is 22.5 Å². The van der Waals surface area contributed by atoms with Crippen LogP contribution in [-0.2, 0) is 11.2 Å². The first-order valence-corrected chi connectivity index (χ1v) is 8.69. The van der Waals surface area contributed by atoms with Crippen LogP contribution >= 0.6 is 11.3 Å². The number of hydrogen-bond acceptors (Lipinski definition) is 5. The van der Waals surface area contributed by atoms with Gasteiger partial charge in [0.2, 0.25) is 5.91 Å². The molecule has 1 aliphatic carbocycles. The number of thiazole rings is 1. The number of rotatable bonds is 6. The van der Waals surface area contributed by atoms with Crippen molar-refractivity contribution in [3.05, 3.63) is 16.1 Å². The summed E-state index contributed by atoms with van der Waals surface area (Å²) in [5, 5.41) is 6.58. The predicted molar refractivity (Wildman–Crippen MR) is 86.8 cm³/mol. The SMILES string of the molecule is CCc1cnc(C(=O)N[C@H]2CC[C@H](NC(=O)CCN)CC2)s1. The van der Waals surface area contributed by atoms with Gasteiger partial charge < -0.3 is 16.4 Å². The van der Waals surface area contributed by atoms with Crippen LogP contribution in [0, 0.1) is 0 Å². The minimum absolute atomic E-state index is 0.0184. The zero-order valence-electron chi connectivity index (χ0n) is 12.9. The molecule has 2 rings (SSSR count). The van der Waals surface area contributed by atoms with Gasteiger partial charge in [0, 0.05) is 36.1 Å². The summed E-state index contributed by atoms with van der Waals surface area (Å²) < 4.78 is 0. The molecule has 2 amide bonds. The maximum atomic E-state index is 12.1. The fourth-order valence-electron chi connectivity index (χ4n) is 2.64. The lowest BCUT2D eigenvalue weighted by molar-refractivity contribution is -0.121. The van der Waals surface area contributed by atoms with E-state index in [0.29, 0.717) is 18.0 Å². The summed E-state index contributed by atoms with van der Waals surface area (Å²) in [7, 11) is 0. The number of aryl methyl sites for hydroxylation is 1. The fraction of sp³-hybridized carbons (Fsp3) is 0.667. The number of carbonyl (C=O) groups is 2. The van der Waals surface area contributed by atoms with E-state index in [-0.39, 0.29) is 23.9 Å². The highest BCUT2D eigenvalue weighted by atomic mass is 32.1. The Hall–Kier alpha value is -1.47. The molecule has 1 aliphatic rings. The van der Waals surface area contributed by atoms with Gasteiger partial charge in [-0.3, -0.25) is 9.59 Å². The normalized spacial score (nSPS) is 21.4. The summed E-state index contributed by atoms with van der Waals surface area (Å²) in [5.74, 6) is -0.0646. The van der Waals surface area contributed by atoms with Crippen molar-refractivity contribution in [1.29, 1.82) is 0 Å². The largest absolute Gasteiger partial charge is 0.353 e. The fourth-order valence-corrected chi connectivity index (χ4v) is 3.39. The summed E-state index contributed by atoms with van der Waals surface area (Å²) in [6.07, 6.45) is 6.58. The molecule has 122 valence electrons. The van der Waals surface area contributed by atoms with Crippen LogP contribution < -0.4 is 16.4 Å². The van der Waals surface area contributed by atoms with Crippen LogP contribution in [0.5, 0.6) is 0 Å². The van der Waals surface area contributed by atoms with Gasteiger partial charge in [0.05, 0.1) is 0 Å². The van der Waals surface area contributed by atoms with Crippen LogP contribution in [0.15, 0.2) is 6.20 Å². The highest BCUT2D eigenvalue weighted by Crippen LogP contribution is 2.20. The molecule has 0 spiro atoms. The summed E-state index contributed by atoms with van der Waals surface area (Å²) in [4.78, 5) is 28.9. The Bertz CT molecular complexity index is 509. The van der Waals surface area contributed by atoms with Crippen LogP contribution in [-0.4, -0.2) is 35.4 Å². The Morgan fingerprint density at radius 3 is 2.45 bits per heavy atom. The van der Waals surface area contributed by atoms with Crippen molar-refractivity contribution in [2.75, 3.05) is 6.54 Å². The number of carbonyl (C=O) groups excluding carboxylic acids is 2. The third-order valence-corrected chi connectivity index (χ3v) is 5.04. The first kappa shape index (κ1) is 16.9. The maximum absolute atomic E-state index is 12.1. The van der Waals surface area contributed by atoms with E-state index in [1.807, 2.05) is 0 Å². The van der Waals surface area contributed by atoms with E-state index < -0.39 is 0 Å². The van der Waals surface area contributed by atoms with E-state index in [0.717, 1.165) is 37.0 Å². The Balaban J connectivity index is 1.75. The van der Waals surface area contributed by atoms with Gasteiger partial charge >= 0.3 is 0 Å². The first-order valence-electron chi connectivity index (χ1n) is 7.87. The lowest BCUT2D eigenvalue weighted by atomic mass is 9.91. The van der Waals surface area contributed by atoms with E-state index in [1.54, 1.807) is 6.20 Å². The van der Waals surface area contributed by atoms with Crippen LogP contribution in [0.1, 0.15) is 53.7 Å². The lowest BCUT2D eigenvalue weighted by Crippen LogP contribution is -2.44. The summed E-state index contributed by atoms with van der Waals surface area (Å²) in [6.45, 7) is 2.43. The van der Waals surface area contributed by atoms with Crippen molar-refractivity contribution in [2.24, 2.45) is 5.73 Å². The first-order chi connectivity index (χ1) is 10.6. The highest BCUT2D eigenvalue weighted by Gasteiger charge is 2.24. The molecule has 0 aromatic carbocycles. The molecule has 4 N–H and O–H groups in total. The van der Waals surface area contributed by atoms with E-state index in [9.17, 15) is 9.59 Å². The summed E-state index contributed by atoms with van der Waals surface area (Å²) in [6, 6.07) is 0.378. The van der Waals surface area contributed by atoms with Crippen LogP contribution in [0.4, 0.5) is 0 Å². The molecule has 0 unspecified atom stereocenters. The summed E-state index contributed by atoms with van der Waals surface area (Å²) in [5.41, 5.74) is 5.37. The third-order valence-electron chi connectivity index (χ3n) is 3.90. The van der Waals surface area contributed by atoms with Gasteiger partial charge in [0.15, 0.2) is 5.01 Å². The Morgan fingerprint density at radius 1 is 1.27 bits per heavy atom. The quantitative estimate of drug-likeness (QED) is 0.733. The molecule has 1 heterocycles. The van der Waals surface area contributed by atoms with Crippen LogP contribution in [0.25, 0.3) is 0 Å². The van der Waals surface area contributed by atoms with Crippen molar-refractivity contribution in [3.63, 3.8) is 0 Å². The van der Waals surface area contributed by atoms with Crippen molar-refractivity contribution in [2.45, 2.75) is 57.5 Å². The molecule has 1 fully saturated rings. The predicted octanol–water partition coefficient (Wildman–Crippen LogP) is 1.21. The molecule has 1 aromatic rings. The van der Waals surface area contributed by atoms with E-state index in [4.69, 9.17) is 5.73 Å². The summed E-state index contributed by atoms with van der Waals surface area (Å²) >= 11 is 1.45. The topological polar surface area (TPSA) is 97.1 Å². The maximum Gasteiger partial charge on any atom is 0.280 e. The monoisotopic (exact) mass is 324 g/mol. The highest BCUT2D eigenvalue weighted by molar-refractivity contribution is 7.13. The van der Waals surface area contributed by atoms with Crippen molar-refractivity contribution in [1.82, 2.24) is 15.6 Å². The molecule has 1 saturated carbocycles. The molecule has 0 bridgehead atoms. The van der Waals surface area contributed by atoms with Crippen LogP contribution in [0.2, 0.25) is 0 Å². The number of nitrogens with one attached hydrogen (secondary N) is 2. The lowest BCUT2D eigenvalue weighted by Gasteiger charge is -2.29. The zero-order valence-corrected chi connectivity index (χ0v) is 13.7. The van der Waals surface area contributed by atoms with Gasteiger partial charge in [0.25, 0.3) is 5.91 Å². The van der Waals surface area contributed by atoms with Gasteiger partial charge in [-0.1, -0.05) is 6.92 Å². The number of aromatic nitrogens is 1. The van der Waals surface area contributed by atoms with Crippen molar-refractivity contribution >= 4 is 23.2 Å². The zero-order chi connectivity index (χ0) is 15.9. The molecular weight excluding hydrogens is 300 g/mol. The average molecular weight is 324 g/mol. The number of amides is 2. The molecule has 7 heteroatoms. The van der Waals surface area contributed by atoms with Gasteiger partial charge in [0.1, 0.15) is 0 Å². The second kappa shape index (κ2) is 8.24. The minimum Gasteiger partial charge on any atom is -0.353 e. The second-order valence-electron chi connectivity index (χ2n) is 5.61. The Kier molecular flexibility index (Phi) is 6.33. The van der Waals surface area contributed by atoms with Gasteiger partial charge in [-0.2, -0.15) is 0 Å². The van der Waals surface area contributed by atoms with E-state index >= 15 is 0 Å². The molecule has 0 radical (unpaired) electrons. The second-order valence-corrected chi connectivity index (χ2v) is 6.73. The molecule has 0 aliphatic heterocycles. The molecule has 0 atom stereocenters. The molecule has 6 nitrogen and oxygen atoms in total. The van der Waals surface area contributed by atoms with Crippen molar-refractivity contribution in [3.8, 4) is 0 Å². The standard InChI is InChI=1S/C15H24N4O2S/c1-2-12-9-17-15(22-12)14(21)19-11-5-3-10(4-6-11)18-13(20)7-8-16/h9-11H,2-8,16H2,1H3,(H,18,20)(H,19,21)/t10-,11-. The number of hydrogen-bond donors (Lipinski definition) is 3. The average Bonchev–Trinajstić information content (AvgIpc) is 2.98. The third kappa shape index (κ3) is 4.78. The van der Waals surface area contributed by atoms with Gasteiger partial charge in [-0.15, -0.1) is 11.3 Å². The number of nitrogens with two attached hydrogens (primary N) is 1. The van der Waals surface area contributed by atoms with Crippen LogP contribution in [0.3, 0.4) is 0 Å². The molecular formula is C15H24N4O2S.